The second kappa shape index (κ2) is 8.25. The molecular weight excluding hydrogens is 462 g/mol. The fraction of sp³-hybridized carbons (Fsp3) is 0.0286. The predicted octanol–water partition coefficient (Wildman–Crippen LogP) is 8.48. The Morgan fingerprint density at radius 3 is 2.29 bits per heavy atom. The SMILES string of the molecule is c1ccc(-n2c3ccc4c(c3c3ccc(-c5cccc(-c6ccccn6)c5)nc32)-c2ccccc2C4)cc1. The second-order valence-corrected chi connectivity index (χ2v) is 9.86. The van der Waals surface area contributed by atoms with Crippen LogP contribution in [0, 0.1) is 0 Å². The van der Waals surface area contributed by atoms with Gasteiger partial charge in [-0.2, -0.15) is 0 Å². The maximum Gasteiger partial charge on any atom is 0.146 e. The van der Waals surface area contributed by atoms with E-state index in [-0.39, 0.29) is 0 Å². The zero-order valence-corrected chi connectivity index (χ0v) is 20.7. The van der Waals surface area contributed by atoms with Crippen LogP contribution in [0.25, 0.3) is 61.3 Å². The van der Waals surface area contributed by atoms with Gasteiger partial charge in [-0.1, -0.05) is 72.8 Å². The largest absolute Gasteiger partial charge is 0.294 e. The third-order valence-electron chi connectivity index (χ3n) is 7.67. The molecule has 4 aromatic carbocycles. The van der Waals surface area contributed by atoms with Gasteiger partial charge in [0.15, 0.2) is 0 Å². The number of fused-ring (bicyclic) bond motifs is 7. The van der Waals surface area contributed by atoms with Gasteiger partial charge in [-0.3, -0.25) is 9.55 Å². The molecule has 3 nitrogen and oxygen atoms in total. The van der Waals surface area contributed by atoms with Crippen molar-refractivity contribution in [1.29, 1.82) is 0 Å². The Morgan fingerprint density at radius 2 is 1.42 bits per heavy atom. The second-order valence-electron chi connectivity index (χ2n) is 9.86. The first-order valence-corrected chi connectivity index (χ1v) is 13.0. The lowest BCUT2D eigenvalue weighted by Crippen LogP contribution is -1.96. The summed E-state index contributed by atoms with van der Waals surface area (Å²) in [6.07, 6.45) is 2.81. The molecule has 0 saturated carbocycles. The van der Waals surface area contributed by atoms with Crippen LogP contribution in [-0.4, -0.2) is 14.5 Å². The van der Waals surface area contributed by atoms with E-state index in [1.54, 1.807) is 0 Å². The number of benzene rings is 4. The molecule has 3 heterocycles. The summed E-state index contributed by atoms with van der Waals surface area (Å²) in [4.78, 5) is 9.86. The summed E-state index contributed by atoms with van der Waals surface area (Å²) in [5, 5.41) is 2.47. The molecule has 0 saturated heterocycles. The van der Waals surface area contributed by atoms with Gasteiger partial charge in [-0.05, 0) is 77.2 Å². The van der Waals surface area contributed by atoms with Crippen molar-refractivity contribution in [2.24, 2.45) is 0 Å². The highest BCUT2D eigenvalue weighted by Gasteiger charge is 2.25. The van der Waals surface area contributed by atoms with E-state index in [1.807, 2.05) is 24.4 Å². The van der Waals surface area contributed by atoms with Gasteiger partial charge in [0.25, 0.3) is 0 Å². The summed E-state index contributed by atoms with van der Waals surface area (Å²) in [5.74, 6) is 0. The van der Waals surface area contributed by atoms with Crippen LogP contribution in [0.2, 0.25) is 0 Å². The van der Waals surface area contributed by atoms with Crippen molar-refractivity contribution < 1.29 is 0 Å². The molecule has 3 heteroatoms. The number of pyridine rings is 2. The fourth-order valence-electron chi connectivity index (χ4n) is 5.97. The standard InChI is InChI=1S/C35H23N3/c1-2-12-27(13-3-1)38-32-19-16-26-21-23-9-4-5-14-28(23)33(26)34(32)29-17-18-31(37-35(29)38)25-11-8-10-24(22-25)30-15-6-7-20-36-30/h1-20,22H,21H2. The van der Waals surface area contributed by atoms with Crippen molar-refractivity contribution >= 4 is 21.9 Å². The molecule has 0 N–H and O–H groups in total. The van der Waals surface area contributed by atoms with E-state index in [0.717, 1.165) is 40.3 Å². The summed E-state index contributed by atoms with van der Waals surface area (Å²) in [5.41, 5.74) is 12.8. The van der Waals surface area contributed by atoms with Gasteiger partial charge in [-0.15, -0.1) is 0 Å². The van der Waals surface area contributed by atoms with E-state index in [9.17, 15) is 0 Å². The Labute approximate surface area is 220 Å². The Hall–Kier alpha value is -5.02. The molecule has 0 spiro atoms. The average Bonchev–Trinajstić information content (AvgIpc) is 3.53. The molecule has 0 atom stereocenters. The van der Waals surface area contributed by atoms with Crippen LogP contribution in [0.4, 0.5) is 0 Å². The Morgan fingerprint density at radius 1 is 0.605 bits per heavy atom. The Bertz CT molecular complexity index is 1990. The van der Waals surface area contributed by atoms with Crippen molar-refractivity contribution in [2.45, 2.75) is 6.42 Å². The highest BCUT2D eigenvalue weighted by molar-refractivity contribution is 6.16. The molecule has 3 aromatic heterocycles. The lowest BCUT2D eigenvalue weighted by Gasteiger charge is -2.09. The first kappa shape index (κ1) is 21.1. The van der Waals surface area contributed by atoms with Crippen LogP contribution in [0.15, 0.2) is 128 Å². The van der Waals surface area contributed by atoms with Crippen LogP contribution in [0.3, 0.4) is 0 Å². The predicted molar refractivity (Wildman–Crippen MR) is 155 cm³/mol. The lowest BCUT2D eigenvalue weighted by atomic mass is 9.99. The summed E-state index contributed by atoms with van der Waals surface area (Å²) in [6, 6.07) is 42.9. The van der Waals surface area contributed by atoms with Gasteiger partial charge in [-0.25, -0.2) is 4.98 Å². The van der Waals surface area contributed by atoms with Crippen molar-refractivity contribution in [3.63, 3.8) is 0 Å². The third-order valence-corrected chi connectivity index (χ3v) is 7.67. The average molecular weight is 486 g/mol. The van der Waals surface area contributed by atoms with Crippen LogP contribution < -0.4 is 0 Å². The topological polar surface area (TPSA) is 30.7 Å². The number of para-hydroxylation sites is 1. The number of hydrogen-bond acceptors (Lipinski definition) is 2. The molecule has 0 amide bonds. The van der Waals surface area contributed by atoms with Crippen molar-refractivity contribution in [1.82, 2.24) is 14.5 Å². The number of aromatic nitrogens is 3. The third kappa shape index (κ3) is 3.15. The normalized spacial score (nSPS) is 12.1. The Balaban J connectivity index is 1.41. The molecule has 38 heavy (non-hydrogen) atoms. The number of hydrogen-bond donors (Lipinski definition) is 0. The minimum Gasteiger partial charge on any atom is -0.294 e. The highest BCUT2D eigenvalue weighted by atomic mass is 15.0. The zero-order chi connectivity index (χ0) is 25.1. The molecule has 0 radical (unpaired) electrons. The summed E-state index contributed by atoms with van der Waals surface area (Å²) in [6.45, 7) is 0. The molecule has 7 aromatic rings. The molecule has 0 fully saturated rings. The fourth-order valence-corrected chi connectivity index (χ4v) is 5.97. The number of rotatable bonds is 3. The summed E-state index contributed by atoms with van der Waals surface area (Å²) >= 11 is 0. The van der Waals surface area contributed by atoms with E-state index in [2.05, 4.69) is 113 Å². The van der Waals surface area contributed by atoms with E-state index in [0.29, 0.717) is 0 Å². The first-order chi connectivity index (χ1) is 18.8. The van der Waals surface area contributed by atoms with Crippen LogP contribution in [0.1, 0.15) is 11.1 Å². The van der Waals surface area contributed by atoms with Gasteiger partial charge in [0, 0.05) is 33.8 Å². The van der Waals surface area contributed by atoms with Gasteiger partial charge in [0.05, 0.1) is 16.9 Å². The van der Waals surface area contributed by atoms with Crippen molar-refractivity contribution in [3.8, 4) is 39.3 Å². The quantitative estimate of drug-likeness (QED) is 0.251. The summed E-state index contributed by atoms with van der Waals surface area (Å²) < 4.78 is 2.32. The first-order valence-electron chi connectivity index (χ1n) is 13.0. The van der Waals surface area contributed by atoms with Crippen LogP contribution >= 0.6 is 0 Å². The van der Waals surface area contributed by atoms with Gasteiger partial charge >= 0.3 is 0 Å². The van der Waals surface area contributed by atoms with E-state index >= 15 is 0 Å². The highest BCUT2D eigenvalue weighted by Crippen LogP contribution is 2.45. The lowest BCUT2D eigenvalue weighted by molar-refractivity contribution is 1.14. The zero-order valence-electron chi connectivity index (χ0n) is 20.7. The van der Waals surface area contributed by atoms with Crippen LogP contribution in [0.5, 0.6) is 0 Å². The molecule has 178 valence electrons. The van der Waals surface area contributed by atoms with Crippen LogP contribution in [-0.2, 0) is 6.42 Å². The molecule has 8 rings (SSSR count). The maximum absolute atomic E-state index is 5.32. The summed E-state index contributed by atoms with van der Waals surface area (Å²) in [7, 11) is 0. The van der Waals surface area contributed by atoms with Gasteiger partial charge in [0.2, 0.25) is 0 Å². The van der Waals surface area contributed by atoms with Gasteiger partial charge < -0.3 is 0 Å². The van der Waals surface area contributed by atoms with E-state index in [1.165, 1.54) is 38.5 Å². The molecule has 0 bridgehead atoms. The number of nitrogens with zero attached hydrogens (tertiary/aromatic N) is 3. The van der Waals surface area contributed by atoms with E-state index < -0.39 is 0 Å². The van der Waals surface area contributed by atoms with Gasteiger partial charge in [0.1, 0.15) is 5.65 Å². The smallest absolute Gasteiger partial charge is 0.146 e. The molecular formula is C35H23N3. The minimum absolute atomic E-state index is 0.951. The molecule has 0 aliphatic heterocycles. The molecule has 0 unspecified atom stereocenters. The minimum atomic E-state index is 0.951. The molecule has 1 aliphatic carbocycles. The Kier molecular flexibility index (Phi) is 4.58. The van der Waals surface area contributed by atoms with Crippen molar-refractivity contribution in [2.75, 3.05) is 0 Å². The molecule has 1 aliphatic rings. The van der Waals surface area contributed by atoms with Crippen molar-refractivity contribution in [3.05, 3.63) is 139 Å². The van der Waals surface area contributed by atoms with E-state index in [4.69, 9.17) is 4.98 Å². The maximum atomic E-state index is 5.32. The monoisotopic (exact) mass is 485 g/mol.